The Morgan fingerprint density at radius 3 is 2.63 bits per heavy atom. The predicted molar refractivity (Wildman–Crippen MR) is 63.2 cm³/mol. The molecule has 0 saturated carbocycles. The van der Waals surface area contributed by atoms with E-state index in [4.69, 9.17) is 10.8 Å². The van der Waals surface area contributed by atoms with Crippen molar-refractivity contribution in [2.75, 3.05) is 6.54 Å². The van der Waals surface area contributed by atoms with Gasteiger partial charge in [0.15, 0.2) is 17.4 Å². The standard InChI is InChI=1S/C12H15F3N2O2/c1-6(3-2-4-16)17-12(19)7-5-8(13)10(15)11(18)9(7)14/h5-6,18H,2-4,16H2,1H3,(H,17,19). The van der Waals surface area contributed by atoms with Gasteiger partial charge in [0.1, 0.15) is 0 Å². The Balaban J connectivity index is 2.89. The van der Waals surface area contributed by atoms with Crippen LogP contribution in [-0.4, -0.2) is 23.6 Å². The van der Waals surface area contributed by atoms with Crippen molar-refractivity contribution in [2.45, 2.75) is 25.8 Å². The van der Waals surface area contributed by atoms with E-state index in [1.54, 1.807) is 6.92 Å². The minimum absolute atomic E-state index is 0.300. The lowest BCUT2D eigenvalue weighted by molar-refractivity contribution is 0.0932. The van der Waals surface area contributed by atoms with Crippen LogP contribution >= 0.6 is 0 Å². The first-order valence-corrected chi connectivity index (χ1v) is 5.75. The summed E-state index contributed by atoms with van der Waals surface area (Å²) in [5, 5.41) is 11.4. The van der Waals surface area contributed by atoms with Gasteiger partial charge in [-0.05, 0) is 32.4 Å². The lowest BCUT2D eigenvalue weighted by atomic mass is 10.1. The average molecular weight is 276 g/mol. The summed E-state index contributed by atoms with van der Waals surface area (Å²) in [5.74, 6) is -7.11. The molecule has 0 spiro atoms. The Kier molecular flexibility index (Phi) is 5.17. The fraction of sp³-hybridized carbons (Fsp3) is 0.417. The highest BCUT2D eigenvalue weighted by Crippen LogP contribution is 2.25. The molecule has 0 aromatic heterocycles. The molecule has 1 aromatic carbocycles. The number of hydrogen-bond donors (Lipinski definition) is 3. The first-order valence-electron chi connectivity index (χ1n) is 5.75. The highest BCUT2D eigenvalue weighted by molar-refractivity contribution is 5.95. The van der Waals surface area contributed by atoms with Gasteiger partial charge in [-0.15, -0.1) is 0 Å². The molecule has 1 amide bonds. The SMILES string of the molecule is CC(CCCN)NC(=O)c1cc(F)c(F)c(O)c1F. The third-order valence-corrected chi connectivity index (χ3v) is 2.60. The van der Waals surface area contributed by atoms with Crippen molar-refractivity contribution in [3.8, 4) is 5.75 Å². The molecule has 19 heavy (non-hydrogen) atoms. The largest absolute Gasteiger partial charge is 0.503 e. The van der Waals surface area contributed by atoms with E-state index >= 15 is 0 Å². The van der Waals surface area contributed by atoms with E-state index in [0.29, 0.717) is 25.5 Å². The van der Waals surface area contributed by atoms with Gasteiger partial charge in [-0.3, -0.25) is 4.79 Å². The number of nitrogens with one attached hydrogen (secondary N) is 1. The number of aromatic hydroxyl groups is 1. The van der Waals surface area contributed by atoms with Gasteiger partial charge in [-0.2, -0.15) is 4.39 Å². The Labute approximate surface area is 108 Å². The molecule has 1 aromatic rings. The van der Waals surface area contributed by atoms with Crippen LogP contribution in [0.4, 0.5) is 13.2 Å². The molecule has 0 aliphatic heterocycles. The van der Waals surface area contributed by atoms with Crippen molar-refractivity contribution >= 4 is 5.91 Å². The Bertz CT molecular complexity index is 481. The van der Waals surface area contributed by atoms with Crippen molar-refractivity contribution in [2.24, 2.45) is 5.73 Å². The topological polar surface area (TPSA) is 75.3 Å². The normalized spacial score (nSPS) is 12.3. The second-order valence-electron chi connectivity index (χ2n) is 4.19. The summed E-state index contributed by atoms with van der Waals surface area (Å²) in [6.07, 6.45) is 1.23. The quantitative estimate of drug-likeness (QED) is 0.716. The van der Waals surface area contributed by atoms with E-state index in [0.717, 1.165) is 0 Å². The summed E-state index contributed by atoms with van der Waals surface area (Å²) in [6.45, 7) is 2.12. The number of carbonyl (C=O) groups is 1. The molecule has 0 aliphatic rings. The van der Waals surface area contributed by atoms with Gasteiger partial charge in [0.05, 0.1) is 5.56 Å². The number of phenolic OH excluding ortho intramolecular Hbond substituents is 1. The number of phenols is 1. The molecule has 7 heteroatoms. The third kappa shape index (κ3) is 3.60. The monoisotopic (exact) mass is 276 g/mol. The first-order chi connectivity index (χ1) is 8.88. The van der Waals surface area contributed by atoms with Crippen LogP contribution in [-0.2, 0) is 0 Å². The molecule has 1 unspecified atom stereocenters. The number of halogens is 3. The van der Waals surface area contributed by atoms with Crippen molar-refractivity contribution in [1.29, 1.82) is 0 Å². The number of benzene rings is 1. The molecular formula is C12H15F3N2O2. The van der Waals surface area contributed by atoms with Crippen LogP contribution in [0.3, 0.4) is 0 Å². The lowest BCUT2D eigenvalue weighted by Gasteiger charge is -2.14. The van der Waals surface area contributed by atoms with E-state index in [1.165, 1.54) is 0 Å². The first kappa shape index (κ1) is 15.3. The second kappa shape index (κ2) is 6.42. The van der Waals surface area contributed by atoms with Crippen LogP contribution < -0.4 is 11.1 Å². The zero-order chi connectivity index (χ0) is 14.6. The molecule has 106 valence electrons. The Hall–Kier alpha value is -1.76. The number of hydrogen-bond acceptors (Lipinski definition) is 3. The summed E-state index contributed by atoms with van der Waals surface area (Å²) >= 11 is 0. The molecule has 0 radical (unpaired) electrons. The summed E-state index contributed by atoms with van der Waals surface area (Å²) < 4.78 is 39.3. The molecule has 0 saturated heterocycles. The van der Waals surface area contributed by atoms with Crippen molar-refractivity contribution in [1.82, 2.24) is 5.32 Å². The summed E-state index contributed by atoms with van der Waals surface area (Å²) in [5.41, 5.74) is 4.56. The molecule has 1 rings (SSSR count). The molecule has 0 heterocycles. The molecule has 4 nitrogen and oxygen atoms in total. The highest BCUT2D eigenvalue weighted by atomic mass is 19.2. The van der Waals surface area contributed by atoms with E-state index in [-0.39, 0.29) is 6.04 Å². The summed E-state index contributed by atoms with van der Waals surface area (Å²) in [4.78, 5) is 11.7. The molecule has 0 aliphatic carbocycles. The fourth-order valence-electron chi connectivity index (χ4n) is 1.55. The zero-order valence-corrected chi connectivity index (χ0v) is 10.3. The number of carbonyl (C=O) groups excluding carboxylic acids is 1. The summed E-state index contributed by atoms with van der Waals surface area (Å²) in [7, 11) is 0. The molecular weight excluding hydrogens is 261 g/mol. The smallest absolute Gasteiger partial charge is 0.254 e. The van der Waals surface area contributed by atoms with Crippen LogP contribution in [0.5, 0.6) is 5.75 Å². The van der Waals surface area contributed by atoms with E-state index < -0.39 is 34.7 Å². The number of nitrogens with two attached hydrogens (primary N) is 1. The van der Waals surface area contributed by atoms with Crippen molar-refractivity contribution in [3.05, 3.63) is 29.1 Å². The van der Waals surface area contributed by atoms with Gasteiger partial charge < -0.3 is 16.2 Å². The third-order valence-electron chi connectivity index (χ3n) is 2.60. The molecule has 4 N–H and O–H groups in total. The van der Waals surface area contributed by atoms with Gasteiger partial charge in [0, 0.05) is 6.04 Å². The van der Waals surface area contributed by atoms with Crippen molar-refractivity contribution in [3.63, 3.8) is 0 Å². The molecule has 1 atom stereocenters. The number of rotatable bonds is 5. The average Bonchev–Trinajstić information content (AvgIpc) is 2.37. The van der Waals surface area contributed by atoms with Gasteiger partial charge in [0.25, 0.3) is 5.91 Å². The zero-order valence-electron chi connectivity index (χ0n) is 10.3. The van der Waals surface area contributed by atoms with Crippen LogP contribution in [0, 0.1) is 17.5 Å². The van der Waals surface area contributed by atoms with E-state index in [9.17, 15) is 18.0 Å². The maximum absolute atomic E-state index is 13.5. The van der Waals surface area contributed by atoms with Gasteiger partial charge >= 0.3 is 0 Å². The van der Waals surface area contributed by atoms with Crippen molar-refractivity contribution < 1.29 is 23.1 Å². The molecule has 0 fully saturated rings. The summed E-state index contributed by atoms with van der Waals surface area (Å²) in [6, 6.07) is 0.112. The highest BCUT2D eigenvalue weighted by Gasteiger charge is 2.23. The maximum Gasteiger partial charge on any atom is 0.254 e. The van der Waals surface area contributed by atoms with Crippen LogP contribution in [0.15, 0.2) is 6.07 Å². The van der Waals surface area contributed by atoms with Gasteiger partial charge in [-0.25, -0.2) is 8.78 Å². The minimum atomic E-state index is -1.72. The maximum atomic E-state index is 13.5. The van der Waals surface area contributed by atoms with Crippen LogP contribution in [0.1, 0.15) is 30.1 Å². The Morgan fingerprint density at radius 2 is 2.05 bits per heavy atom. The second-order valence-corrected chi connectivity index (χ2v) is 4.19. The van der Waals surface area contributed by atoms with E-state index in [2.05, 4.69) is 5.32 Å². The van der Waals surface area contributed by atoms with Gasteiger partial charge in [0.2, 0.25) is 5.82 Å². The fourth-order valence-corrected chi connectivity index (χ4v) is 1.55. The van der Waals surface area contributed by atoms with Gasteiger partial charge in [-0.1, -0.05) is 0 Å². The van der Waals surface area contributed by atoms with Crippen LogP contribution in [0.25, 0.3) is 0 Å². The lowest BCUT2D eigenvalue weighted by Crippen LogP contribution is -2.33. The number of amides is 1. The predicted octanol–water partition coefficient (Wildman–Crippen LogP) is 1.67. The minimum Gasteiger partial charge on any atom is -0.503 e. The molecule has 0 bridgehead atoms. The van der Waals surface area contributed by atoms with E-state index in [1.807, 2.05) is 0 Å². The van der Waals surface area contributed by atoms with Crippen LogP contribution in [0.2, 0.25) is 0 Å². The Morgan fingerprint density at radius 1 is 1.42 bits per heavy atom.